The van der Waals surface area contributed by atoms with E-state index in [1.165, 1.54) is 19.3 Å². The number of halogens is 1. The smallest absolute Gasteiger partial charge is 0.355 e. The van der Waals surface area contributed by atoms with Gasteiger partial charge in [-0.15, -0.1) is 0 Å². The first-order valence-corrected chi connectivity index (χ1v) is 10.6. The largest absolute Gasteiger partial charge is 0.465 e. The van der Waals surface area contributed by atoms with Crippen molar-refractivity contribution in [2.24, 2.45) is 28.6 Å². The Balaban J connectivity index is 1.57. The summed E-state index contributed by atoms with van der Waals surface area (Å²) in [5.74, 6) is 1.96. The molecule has 0 atom stereocenters. The number of rotatable bonds is 6. The molecule has 132 valence electrons. The van der Waals surface area contributed by atoms with Crippen molar-refractivity contribution in [1.29, 1.82) is 0 Å². The lowest BCUT2D eigenvalue weighted by Crippen LogP contribution is -2.51. The lowest BCUT2D eigenvalue weighted by molar-refractivity contribution is -0.175. The van der Waals surface area contributed by atoms with Crippen LogP contribution in [0.15, 0.2) is 0 Å². The van der Waals surface area contributed by atoms with Gasteiger partial charge in [-0.1, -0.05) is 13.8 Å². The van der Waals surface area contributed by atoms with Gasteiger partial charge in [0.15, 0.2) is 0 Å². The minimum absolute atomic E-state index is 0.0987. The molecule has 0 aliphatic heterocycles. The van der Waals surface area contributed by atoms with E-state index in [4.69, 9.17) is 15.4 Å². The summed E-state index contributed by atoms with van der Waals surface area (Å²) in [6, 6.07) is 0. The van der Waals surface area contributed by atoms with Gasteiger partial charge in [-0.05, 0) is 56.3 Å². The molecule has 0 aromatic rings. The summed E-state index contributed by atoms with van der Waals surface area (Å²) >= 11 is 0. The van der Waals surface area contributed by atoms with Gasteiger partial charge in [-0.2, -0.15) is 8.42 Å². The van der Waals surface area contributed by atoms with Crippen LogP contribution in [0.5, 0.6) is 0 Å². The van der Waals surface area contributed by atoms with E-state index in [-0.39, 0.29) is 24.6 Å². The van der Waals surface area contributed by atoms with Crippen LogP contribution in [0.1, 0.15) is 52.4 Å². The fraction of sp³-hybridized carbons (Fsp3) is 0.938. The Kier molecular flexibility index (Phi) is 4.47. The van der Waals surface area contributed by atoms with E-state index in [9.17, 15) is 13.2 Å². The van der Waals surface area contributed by atoms with Crippen LogP contribution in [0.4, 0.5) is 0 Å². The third-order valence-corrected chi connectivity index (χ3v) is 6.32. The lowest BCUT2D eigenvalue weighted by atomic mass is 9.49. The molecule has 7 heteroatoms. The standard InChI is InChI=1S/C16H25ClO5S/c1-15(2,10-22-23(17,19)20)9-21-14(18)16-6-11-3-12(7-16)5-13(4-11)8-16/h11-13H,3-10H2,1-2H3. The number of hydrogen-bond donors (Lipinski definition) is 0. The van der Waals surface area contributed by atoms with Crippen molar-refractivity contribution >= 4 is 26.0 Å². The van der Waals surface area contributed by atoms with E-state index in [0.29, 0.717) is 17.8 Å². The normalized spacial score (nSPS) is 36.2. The van der Waals surface area contributed by atoms with Crippen molar-refractivity contribution in [1.82, 2.24) is 0 Å². The van der Waals surface area contributed by atoms with Crippen LogP contribution >= 0.6 is 10.7 Å². The summed E-state index contributed by atoms with van der Waals surface area (Å²) in [6.45, 7) is 3.62. The van der Waals surface area contributed by atoms with E-state index < -0.39 is 14.7 Å². The van der Waals surface area contributed by atoms with Crippen molar-refractivity contribution in [3.63, 3.8) is 0 Å². The maximum Gasteiger partial charge on any atom is 0.355 e. The fourth-order valence-corrected chi connectivity index (χ4v) is 5.64. The number of ether oxygens (including phenoxy) is 1. The Morgan fingerprint density at radius 3 is 2.00 bits per heavy atom. The van der Waals surface area contributed by atoms with Gasteiger partial charge in [0.25, 0.3) is 0 Å². The van der Waals surface area contributed by atoms with Crippen molar-refractivity contribution in [2.45, 2.75) is 52.4 Å². The highest BCUT2D eigenvalue weighted by Crippen LogP contribution is 2.60. The average molecular weight is 365 g/mol. The topological polar surface area (TPSA) is 69.7 Å². The third-order valence-electron chi connectivity index (χ3n) is 5.66. The Bertz CT molecular complexity index is 548. The maximum absolute atomic E-state index is 12.7. The molecule has 4 aliphatic rings. The highest BCUT2D eigenvalue weighted by Gasteiger charge is 2.55. The van der Waals surface area contributed by atoms with Gasteiger partial charge in [0.1, 0.15) is 0 Å². The zero-order valence-corrected chi connectivity index (χ0v) is 15.3. The predicted octanol–water partition coefficient (Wildman–Crippen LogP) is 3.27. The predicted molar refractivity (Wildman–Crippen MR) is 86.1 cm³/mol. The minimum Gasteiger partial charge on any atom is -0.465 e. The van der Waals surface area contributed by atoms with E-state index >= 15 is 0 Å². The first-order valence-electron chi connectivity index (χ1n) is 8.33. The van der Waals surface area contributed by atoms with E-state index in [1.807, 2.05) is 0 Å². The molecule has 4 rings (SSSR count). The molecule has 4 bridgehead atoms. The second-order valence-electron chi connectivity index (χ2n) is 8.59. The summed E-state index contributed by atoms with van der Waals surface area (Å²) in [6.07, 6.45) is 6.72. The highest BCUT2D eigenvalue weighted by atomic mass is 35.7. The van der Waals surface area contributed by atoms with Gasteiger partial charge in [-0.25, -0.2) is 0 Å². The Morgan fingerprint density at radius 1 is 1.09 bits per heavy atom. The SMILES string of the molecule is CC(C)(COC(=O)C12CC3CC(CC(C3)C1)C2)COS(=O)(=O)Cl. The molecule has 0 amide bonds. The number of hydrogen-bond acceptors (Lipinski definition) is 5. The molecule has 5 nitrogen and oxygen atoms in total. The molecular formula is C16H25ClO5S. The van der Waals surface area contributed by atoms with Crippen LogP contribution in [0.3, 0.4) is 0 Å². The van der Waals surface area contributed by atoms with Gasteiger partial charge in [0.2, 0.25) is 0 Å². The molecule has 0 heterocycles. The lowest BCUT2D eigenvalue weighted by Gasteiger charge is -2.55. The molecule has 0 aromatic heterocycles. The zero-order valence-electron chi connectivity index (χ0n) is 13.7. The summed E-state index contributed by atoms with van der Waals surface area (Å²) in [4.78, 5) is 12.7. The van der Waals surface area contributed by atoms with Crippen molar-refractivity contribution in [3.05, 3.63) is 0 Å². The van der Waals surface area contributed by atoms with Crippen LogP contribution in [-0.2, 0) is 23.0 Å². The molecule has 4 aliphatic carbocycles. The van der Waals surface area contributed by atoms with Gasteiger partial charge in [-0.3, -0.25) is 8.98 Å². The monoisotopic (exact) mass is 364 g/mol. The van der Waals surface area contributed by atoms with Crippen LogP contribution in [0.25, 0.3) is 0 Å². The Labute approximate surface area is 142 Å². The number of esters is 1. The molecule has 0 aromatic carbocycles. The van der Waals surface area contributed by atoms with Crippen LogP contribution in [0, 0.1) is 28.6 Å². The average Bonchev–Trinajstić information content (AvgIpc) is 2.41. The summed E-state index contributed by atoms with van der Waals surface area (Å²) in [5, 5.41) is 0. The summed E-state index contributed by atoms with van der Waals surface area (Å²) < 4.78 is 32.0. The Morgan fingerprint density at radius 2 is 1.57 bits per heavy atom. The summed E-state index contributed by atoms with van der Waals surface area (Å²) in [7, 11) is 1.05. The van der Waals surface area contributed by atoms with E-state index in [0.717, 1.165) is 19.3 Å². The first-order chi connectivity index (χ1) is 10.6. The van der Waals surface area contributed by atoms with Gasteiger partial charge < -0.3 is 4.74 Å². The molecule has 23 heavy (non-hydrogen) atoms. The zero-order chi connectivity index (χ0) is 16.9. The van der Waals surface area contributed by atoms with Gasteiger partial charge in [0, 0.05) is 16.1 Å². The molecule has 0 unspecified atom stereocenters. The summed E-state index contributed by atoms with van der Waals surface area (Å²) in [5.41, 5.74) is -0.885. The molecule has 0 saturated heterocycles. The Hall–Kier alpha value is -0.330. The number of carbonyl (C=O) groups is 1. The quantitative estimate of drug-likeness (QED) is 0.534. The highest BCUT2D eigenvalue weighted by molar-refractivity contribution is 8.09. The fourth-order valence-electron chi connectivity index (χ4n) is 5.05. The van der Waals surface area contributed by atoms with Crippen LogP contribution in [0.2, 0.25) is 0 Å². The molecule has 0 radical (unpaired) electrons. The van der Waals surface area contributed by atoms with Gasteiger partial charge >= 0.3 is 15.3 Å². The second kappa shape index (κ2) is 5.88. The first kappa shape index (κ1) is 17.5. The third kappa shape index (κ3) is 4.02. The van der Waals surface area contributed by atoms with Crippen molar-refractivity contribution < 1.29 is 22.1 Å². The van der Waals surface area contributed by atoms with Crippen LogP contribution < -0.4 is 0 Å². The number of carbonyl (C=O) groups excluding carboxylic acids is 1. The van der Waals surface area contributed by atoms with E-state index in [1.54, 1.807) is 13.8 Å². The second-order valence-corrected chi connectivity index (χ2v) is 10.7. The van der Waals surface area contributed by atoms with Gasteiger partial charge in [0.05, 0.1) is 18.6 Å². The minimum atomic E-state index is -4.00. The molecule has 4 saturated carbocycles. The van der Waals surface area contributed by atoms with Crippen LogP contribution in [-0.4, -0.2) is 27.6 Å². The molecule has 4 fully saturated rings. The van der Waals surface area contributed by atoms with Crippen molar-refractivity contribution in [2.75, 3.05) is 13.2 Å². The van der Waals surface area contributed by atoms with E-state index in [2.05, 4.69) is 4.18 Å². The molecule has 0 N–H and O–H groups in total. The molecular weight excluding hydrogens is 340 g/mol. The van der Waals surface area contributed by atoms with Crippen molar-refractivity contribution in [3.8, 4) is 0 Å². The molecule has 0 spiro atoms. The maximum atomic E-state index is 12.7.